The maximum atomic E-state index is 13.0. The Bertz CT molecular complexity index is 1360. The van der Waals surface area contributed by atoms with Gasteiger partial charge < -0.3 is 5.32 Å². The molecule has 0 saturated heterocycles. The molecule has 36 heavy (non-hydrogen) atoms. The Labute approximate surface area is 217 Å². The molecule has 1 aromatic heterocycles. The van der Waals surface area contributed by atoms with Gasteiger partial charge in [0.05, 0.1) is 18.0 Å². The molecule has 1 amide bonds. The lowest BCUT2D eigenvalue weighted by Gasteiger charge is -2.14. The molecular weight excluding hydrogens is 499 g/mol. The third-order valence-corrected chi connectivity index (χ3v) is 6.53. The molecule has 184 valence electrons. The van der Waals surface area contributed by atoms with E-state index < -0.39 is 5.25 Å². The predicted octanol–water partition coefficient (Wildman–Crippen LogP) is 5.61. The first-order valence-corrected chi connectivity index (χ1v) is 12.4. The van der Waals surface area contributed by atoms with E-state index in [1.165, 1.54) is 30.1 Å². The molecule has 1 atom stereocenters. The van der Waals surface area contributed by atoms with Crippen molar-refractivity contribution in [2.45, 2.75) is 30.8 Å². The number of thioether (sulfide) groups is 1. The Balaban J connectivity index is 1.48. The van der Waals surface area contributed by atoms with Gasteiger partial charge in [0, 0.05) is 16.4 Å². The summed E-state index contributed by atoms with van der Waals surface area (Å²) in [5.74, 6) is 0.0685. The van der Waals surface area contributed by atoms with E-state index in [0.29, 0.717) is 28.1 Å². The summed E-state index contributed by atoms with van der Waals surface area (Å²) in [5.41, 5.74) is 6.05. The van der Waals surface area contributed by atoms with Gasteiger partial charge in [-0.1, -0.05) is 53.7 Å². The molecule has 0 aliphatic carbocycles. The number of nitrogens with one attached hydrogen (secondary N) is 2. The van der Waals surface area contributed by atoms with Crippen LogP contribution in [0.4, 0.5) is 10.1 Å². The number of benzene rings is 3. The SMILES string of the molecule is Cc1cc(Cl)ccc1NCc1nnc(SC(C)C(=O)N/N=C/c2ccc(F)cc2)n1-c1ccccc1. The van der Waals surface area contributed by atoms with Crippen LogP contribution in [0.3, 0.4) is 0 Å². The average Bonchev–Trinajstić information content (AvgIpc) is 3.27. The number of hydrazone groups is 1. The van der Waals surface area contributed by atoms with Gasteiger partial charge in [-0.2, -0.15) is 5.10 Å². The molecule has 7 nitrogen and oxygen atoms in total. The van der Waals surface area contributed by atoms with Gasteiger partial charge in [-0.25, -0.2) is 9.82 Å². The fourth-order valence-electron chi connectivity index (χ4n) is 3.35. The molecule has 0 bridgehead atoms. The summed E-state index contributed by atoms with van der Waals surface area (Å²) in [4.78, 5) is 12.6. The van der Waals surface area contributed by atoms with Gasteiger partial charge in [0.25, 0.3) is 5.91 Å². The van der Waals surface area contributed by atoms with Gasteiger partial charge in [-0.3, -0.25) is 9.36 Å². The van der Waals surface area contributed by atoms with E-state index in [2.05, 4.69) is 26.0 Å². The van der Waals surface area contributed by atoms with Crippen LogP contribution < -0.4 is 10.7 Å². The van der Waals surface area contributed by atoms with Crippen LogP contribution in [-0.4, -0.2) is 32.1 Å². The number of hydrogen-bond donors (Lipinski definition) is 2. The van der Waals surface area contributed by atoms with Gasteiger partial charge in [0.15, 0.2) is 11.0 Å². The van der Waals surface area contributed by atoms with Crippen molar-refractivity contribution in [1.82, 2.24) is 20.2 Å². The van der Waals surface area contributed by atoms with Crippen LogP contribution in [0.15, 0.2) is 83.1 Å². The summed E-state index contributed by atoms with van der Waals surface area (Å²) >= 11 is 7.35. The van der Waals surface area contributed by atoms with Gasteiger partial charge >= 0.3 is 0 Å². The van der Waals surface area contributed by atoms with E-state index in [-0.39, 0.29) is 11.7 Å². The minimum absolute atomic E-state index is 0.294. The van der Waals surface area contributed by atoms with Crippen molar-refractivity contribution in [3.05, 3.63) is 101 Å². The molecule has 1 heterocycles. The number of carbonyl (C=O) groups excluding carboxylic acids is 1. The maximum absolute atomic E-state index is 13.0. The molecular formula is C26H24ClFN6OS. The van der Waals surface area contributed by atoms with Gasteiger partial charge in [0.1, 0.15) is 5.82 Å². The van der Waals surface area contributed by atoms with Crippen LogP contribution in [0.25, 0.3) is 5.69 Å². The normalized spacial score (nSPS) is 12.0. The van der Waals surface area contributed by atoms with Crippen LogP contribution in [0.5, 0.6) is 0 Å². The van der Waals surface area contributed by atoms with E-state index in [1.807, 2.05) is 60.0 Å². The first kappa shape index (κ1) is 25.4. The van der Waals surface area contributed by atoms with Crippen molar-refractivity contribution in [2.75, 3.05) is 5.32 Å². The lowest BCUT2D eigenvalue weighted by molar-refractivity contribution is -0.120. The number of carbonyl (C=O) groups is 1. The van der Waals surface area contributed by atoms with Gasteiger partial charge in [-0.05, 0) is 67.4 Å². The number of aromatic nitrogens is 3. The van der Waals surface area contributed by atoms with E-state index in [4.69, 9.17) is 11.6 Å². The molecule has 4 rings (SSSR count). The first-order valence-electron chi connectivity index (χ1n) is 11.2. The lowest BCUT2D eigenvalue weighted by atomic mass is 10.2. The minimum Gasteiger partial charge on any atom is -0.378 e. The van der Waals surface area contributed by atoms with Crippen molar-refractivity contribution < 1.29 is 9.18 Å². The second-order valence-corrected chi connectivity index (χ2v) is 9.67. The molecule has 0 spiro atoms. The molecule has 0 aliphatic rings. The lowest BCUT2D eigenvalue weighted by Crippen LogP contribution is -2.27. The van der Waals surface area contributed by atoms with Crippen LogP contribution in [0, 0.1) is 12.7 Å². The van der Waals surface area contributed by atoms with Crippen molar-refractivity contribution in [3.8, 4) is 5.69 Å². The summed E-state index contributed by atoms with van der Waals surface area (Å²) < 4.78 is 15.0. The number of hydrogen-bond acceptors (Lipinski definition) is 6. The first-order chi connectivity index (χ1) is 17.4. The highest BCUT2D eigenvalue weighted by molar-refractivity contribution is 8.00. The van der Waals surface area contributed by atoms with Gasteiger partial charge in [0.2, 0.25) is 0 Å². The smallest absolute Gasteiger partial charge is 0.253 e. The van der Waals surface area contributed by atoms with Crippen LogP contribution in [0.2, 0.25) is 5.02 Å². The van der Waals surface area contributed by atoms with Crippen LogP contribution in [0.1, 0.15) is 23.9 Å². The Kier molecular flexibility index (Phi) is 8.35. The molecule has 1 unspecified atom stereocenters. The number of halogens is 2. The molecule has 3 aromatic carbocycles. The fraction of sp³-hybridized carbons (Fsp3) is 0.154. The summed E-state index contributed by atoms with van der Waals surface area (Å²) in [5, 5.41) is 16.9. The third kappa shape index (κ3) is 6.50. The number of para-hydroxylation sites is 1. The third-order valence-electron chi connectivity index (χ3n) is 5.25. The van der Waals surface area contributed by atoms with E-state index in [9.17, 15) is 9.18 Å². The summed E-state index contributed by atoms with van der Waals surface area (Å²) in [6.45, 7) is 4.18. The number of nitrogens with zero attached hydrogens (tertiary/aromatic N) is 4. The zero-order valence-electron chi connectivity index (χ0n) is 19.7. The topological polar surface area (TPSA) is 84.2 Å². The molecule has 10 heteroatoms. The summed E-state index contributed by atoms with van der Waals surface area (Å²) in [7, 11) is 0. The van der Waals surface area contributed by atoms with Crippen molar-refractivity contribution in [2.24, 2.45) is 5.10 Å². The second-order valence-electron chi connectivity index (χ2n) is 7.93. The second kappa shape index (κ2) is 11.8. The quantitative estimate of drug-likeness (QED) is 0.169. The molecule has 4 aromatic rings. The van der Waals surface area contributed by atoms with Crippen molar-refractivity contribution in [3.63, 3.8) is 0 Å². The van der Waals surface area contributed by atoms with Crippen LogP contribution >= 0.6 is 23.4 Å². The summed E-state index contributed by atoms with van der Waals surface area (Å²) in [6, 6.07) is 21.2. The van der Waals surface area contributed by atoms with E-state index in [1.54, 1.807) is 19.1 Å². The monoisotopic (exact) mass is 522 g/mol. The highest BCUT2D eigenvalue weighted by atomic mass is 35.5. The summed E-state index contributed by atoms with van der Waals surface area (Å²) in [6.07, 6.45) is 1.46. The maximum Gasteiger partial charge on any atom is 0.253 e. The highest BCUT2D eigenvalue weighted by Crippen LogP contribution is 2.27. The Morgan fingerprint density at radius 2 is 1.89 bits per heavy atom. The number of anilines is 1. The zero-order chi connectivity index (χ0) is 25.5. The van der Waals surface area contributed by atoms with Crippen molar-refractivity contribution >= 4 is 41.2 Å². The molecule has 0 fully saturated rings. The molecule has 0 saturated carbocycles. The highest BCUT2D eigenvalue weighted by Gasteiger charge is 2.21. The van der Waals surface area contributed by atoms with Crippen LogP contribution in [-0.2, 0) is 11.3 Å². The average molecular weight is 523 g/mol. The number of aryl methyl sites for hydroxylation is 1. The minimum atomic E-state index is -0.499. The Morgan fingerprint density at radius 3 is 2.61 bits per heavy atom. The number of amides is 1. The standard InChI is InChI=1S/C26H24ClFN6OS/c1-17-14-20(27)10-13-23(17)29-16-24-31-33-26(34(24)22-6-4-3-5-7-22)36-18(2)25(35)32-30-15-19-8-11-21(28)12-9-19/h3-15,18,29H,16H2,1-2H3,(H,32,35)/b30-15+. The van der Waals surface area contributed by atoms with E-state index >= 15 is 0 Å². The fourth-order valence-corrected chi connectivity index (χ4v) is 4.46. The number of rotatable bonds is 9. The van der Waals surface area contributed by atoms with Crippen molar-refractivity contribution in [1.29, 1.82) is 0 Å². The van der Waals surface area contributed by atoms with E-state index in [0.717, 1.165) is 16.9 Å². The molecule has 2 N–H and O–H groups in total. The zero-order valence-corrected chi connectivity index (χ0v) is 21.2. The Hall–Kier alpha value is -3.69. The molecule has 0 aliphatic heterocycles. The van der Waals surface area contributed by atoms with Gasteiger partial charge in [-0.15, -0.1) is 10.2 Å². The molecule has 0 radical (unpaired) electrons. The Morgan fingerprint density at radius 1 is 1.14 bits per heavy atom. The largest absolute Gasteiger partial charge is 0.378 e. The predicted molar refractivity (Wildman–Crippen MR) is 142 cm³/mol.